The first-order valence-corrected chi connectivity index (χ1v) is 6.35. The second-order valence-corrected chi connectivity index (χ2v) is 4.22. The first-order valence-electron chi connectivity index (χ1n) is 6.35. The number of rotatable bonds is 11. The van der Waals surface area contributed by atoms with E-state index in [1.807, 2.05) is 6.92 Å². The van der Waals surface area contributed by atoms with Crippen LogP contribution in [-0.4, -0.2) is 30.3 Å². The van der Waals surface area contributed by atoms with Crippen LogP contribution in [0.4, 0.5) is 0 Å². The maximum atomic E-state index is 10.3. The summed E-state index contributed by atoms with van der Waals surface area (Å²) in [6.45, 7) is 5.14. The van der Waals surface area contributed by atoms with Gasteiger partial charge in [0, 0.05) is 0 Å². The number of hydrogen-bond donors (Lipinski definition) is 3. The summed E-state index contributed by atoms with van der Waals surface area (Å²) in [6.07, 6.45) is 7.78. The zero-order chi connectivity index (χ0) is 12.2. The minimum absolute atomic E-state index is 0. The molecule has 0 aliphatic heterocycles. The van der Waals surface area contributed by atoms with Gasteiger partial charge in [-0.3, -0.25) is 10.1 Å². The zero-order valence-corrected chi connectivity index (χ0v) is 11.8. The molecule has 0 amide bonds. The third-order valence-electron chi connectivity index (χ3n) is 2.54. The van der Waals surface area contributed by atoms with Crippen molar-refractivity contribution in [2.45, 2.75) is 58.5 Å². The summed E-state index contributed by atoms with van der Waals surface area (Å²) in [5.74, 6) is -0.812. The molecular formula is C12H27ClN2O2. The molecule has 0 saturated heterocycles. The van der Waals surface area contributed by atoms with E-state index >= 15 is 0 Å². The fraction of sp³-hybridized carbons (Fsp3) is 0.917. The number of halogens is 1. The van der Waals surface area contributed by atoms with Gasteiger partial charge in [0.05, 0.1) is 12.7 Å². The summed E-state index contributed by atoms with van der Waals surface area (Å²) in [7, 11) is 0. The Morgan fingerprint density at radius 3 is 2.29 bits per heavy atom. The topological polar surface area (TPSA) is 61.4 Å². The van der Waals surface area contributed by atoms with Gasteiger partial charge in [-0.15, -0.1) is 12.4 Å². The molecule has 3 N–H and O–H groups in total. The van der Waals surface area contributed by atoms with Crippen molar-refractivity contribution in [1.29, 1.82) is 0 Å². The smallest absolute Gasteiger partial charge is 0.317 e. The van der Waals surface area contributed by atoms with Crippen molar-refractivity contribution in [2.75, 3.05) is 13.1 Å². The van der Waals surface area contributed by atoms with E-state index in [1.54, 1.807) is 0 Å². The van der Waals surface area contributed by atoms with Gasteiger partial charge in [0.1, 0.15) is 0 Å². The first kappa shape index (κ1) is 19.0. The second kappa shape index (κ2) is 13.7. The molecule has 4 nitrogen and oxygen atoms in total. The summed E-state index contributed by atoms with van der Waals surface area (Å²) >= 11 is 0. The van der Waals surface area contributed by atoms with Gasteiger partial charge in [-0.05, 0) is 19.9 Å². The highest BCUT2D eigenvalue weighted by atomic mass is 35.5. The molecule has 0 heterocycles. The van der Waals surface area contributed by atoms with Crippen LogP contribution >= 0.6 is 12.4 Å². The molecule has 0 rings (SSSR count). The average molecular weight is 267 g/mol. The molecule has 0 saturated carbocycles. The highest BCUT2D eigenvalue weighted by Gasteiger charge is 2.01. The Morgan fingerprint density at radius 2 is 1.71 bits per heavy atom. The van der Waals surface area contributed by atoms with Gasteiger partial charge in [-0.25, -0.2) is 0 Å². The van der Waals surface area contributed by atoms with Gasteiger partial charge < -0.3 is 10.4 Å². The van der Waals surface area contributed by atoms with Crippen molar-refractivity contribution in [3.63, 3.8) is 0 Å². The van der Waals surface area contributed by atoms with Gasteiger partial charge >= 0.3 is 5.97 Å². The maximum absolute atomic E-state index is 10.3. The quantitative estimate of drug-likeness (QED) is 0.397. The van der Waals surface area contributed by atoms with Crippen LogP contribution in [0.5, 0.6) is 0 Å². The molecular weight excluding hydrogens is 240 g/mol. The third kappa shape index (κ3) is 15.7. The molecule has 0 aliphatic carbocycles. The molecule has 0 aliphatic rings. The van der Waals surface area contributed by atoms with E-state index in [0.29, 0.717) is 0 Å². The Morgan fingerprint density at radius 1 is 1.12 bits per heavy atom. The van der Waals surface area contributed by atoms with Crippen molar-refractivity contribution in [2.24, 2.45) is 0 Å². The Bertz CT molecular complexity index is 180. The normalized spacial score (nSPS) is 11.9. The Kier molecular flexibility index (Phi) is 15.4. The molecule has 0 aromatic rings. The van der Waals surface area contributed by atoms with E-state index in [1.165, 1.54) is 38.5 Å². The number of carboxylic acid groups (broad SMARTS) is 1. The van der Waals surface area contributed by atoms with E-state index in [-0.39, 0.29) is 25.1 Å². The minimum atomic E-state index is -0.812. The van der Waals surface area contributed by atoms with E-state index in [2.05, 4.69) is 17.6 Å². The highest BCUT2D eigenvalue weighted by molar-refractivity contribution is 5.85. The number of carbonyl (C=O) groups is 1. The lowest BCUT2D eigenvalue weighted by Gasteiger charge is -2.14. The lowest BCUT2D eigenvalue weighted by atomic mass is 10.1. The van der Waals surface area contributed by atoms with Crippen LogP contribution in [-0.2, 0) is 4.79 Å². The summed E-state index contributed by atoms with van der Waals surface area (Å²) in [5.41, 5.74) is 0. The van der Waals surface area contributed by atoms with Crippen molar-refractivity contribution >= 4 is 18.4 Å². The Labute approximate surface area is 111 Å². The lowest BCUT2D eigenvalue weighted by molar-refractivity contribution is -0.136. The van der Waals surface area contributed by atoms with Gasteiger partial charge in [-0.2, -0.15) is 0 Å². The molecule has 1 unspecified atom stereocenters. The molecule has 0 aromatic heterocycles. The highest BCUT2D eigenvalue weighted by Crippen LogP contribution is 2.03. The van der Waals surface area contributed by atoms with E-state index in [9.17, 15) is 4.79 Å². The number of carboxylic acids is 1. The van der Waals surface area contributed by atoms with E-state index in [0.717, 1.165) is 6.54 Å². The van der Waals surface area contributed by atoms with Crippen LogP contribution in [0.1, 0.15) is 52.4 Å². The number of unbranched alkanes of at least 4 members (excludes halogenated alkanes) is 5. The standard InChI is InChI=1S/C12H26N2O2.ClH/c1-3-4-5-6-7-8-9-13-11(2)14-10-12(15)16;/h11,13-14H,3-10H2,1-2H3,(H,15,16);1H. The van der Waals surface area contributed by atoms with Gasteiger partial charge in [0.25, 0.3) is 0 Å². The number of nitrogens with one attached hydrogen (secondary N) is 2. The van der Waals surface area contributed by atoms with Gasteiger partial charge in [0.2, 0.25) is 0 Å². The SMILES string of the molecule is CCCCCCCCNC(C)NCC(=O)O.Cl. The second-order valence-electron chi connectivity index (χ2n) is 4.22. The molecule has 1 atom stereocenters. The Hall–Kier alpha value is -0.320. The predicted molar refractivity (Wildman–Crippen MR) is 73.7 cm³/mol. The van der Waals surface area contributed by atoms with Crippen molar-refractivity contribution in [3.05, 3.63) is 0 Å². The van der Waals surface area contributed by atoms with Crippen molar-refractivity contribution in [1.82, 2.24) is 10.6 Å². The maximum Gasteiger partial charge on any atom is 0.317 e. The van der Waals surface area contributed by atoms with Crippen LogP contribution in [0.15, 0.2) is 0 Å². The largest absolute Gasteiger partial charge is 0.480 e. The molecule has 5 heteroatoms. The van der Waals surface area contributed by atoms with Crippen LogP contribution < -0.4 is 10.6 Å². The number of hydrogen-bond acceptors (Lipinski definition) is 3. The van der Waals surface area contributed by atoms with Crippen molar-refractivity contribution in [3.8, 4) is 0 Å². The molecule has 0 spiro atoms. The van der Waals surface area contributed by atoms with Crippen LogP contribution in [0.2, 0.25) is 0 Å². The summed E-state index contributed by atoms with van der Waals surface area (Å²) < 4.78 is 0. The Balaban J connectivity index is 0. The summed E-state index contributed by atoms with van der Waals surface area (Å²) in [6, 6.07) is 0. The van der Waals surface area contributed by atoms with Crippen molar-refractivity contribution < 1.29 is 9.90 Å². The number of aliphatic carboxylic acids is 1. The minimum Gasteiger partial charge on any atom is -0.480 e. The molecule has 104 valence electrons. The molecule has 0 radical (unpaired) electrons. The first-order chi connectivity index (χ1) is 7.66. The monoisotopic (exact) mass is 266 g/mol. The fourth-order valence-electron chi connectivity index (χ4n) is 1.54. The summed E-state index contributed by atoms with van der Waals surface area (Å²) in [4.78, 5) is 10.3. The van der Waals surface area contributed by atoms with E-state index in [4.69, 9.17) is 5.11 Å². The van der Waals surface area contributed by atoms with Gasteiger partial charge in [-0.1, -0.05) is 39.0 Å². The van der Waals surface area contributed by atoms with Crippen LogP contribution in [0, 0.1) is 0 Å². The molecule has 17 heavy (non-hydrogen) atoms. The molecule has 0 bridgehead atoms. The average Bonchev–Trinajstić information content (AvgIpc) is 2.25. The van der Waals surface area contributed by atoms with Crippen LogP contribution in [0.25, 0.3) is 0 Å². The fourth-order valence-corrected chi connectivity index (χ4v) is 1.54. The summed E-state index contributed by atoms with van der Waals surface area (Å²) in [5, 5.41) is 14.6. The lowest BCUT2D eigenvalue weighted by Crippen LogP contribution is -2.42. The molecule has 0 fully saturated rings. The van der Waals surface area contributed by atoms with Gasteiger partial charge in [0.15, 0.2) is 0 Å². The van der Waals surface area contributed by atoms with Crippen LogP contribution in [0.3, 0.4) is 0 Å². The van der Waals surface area contributed by atoms with E-state index < -0.39 is 5.97 Å². The predicted octanol–water partition coefficient (Wildman–Crippen LogP) is 2.38. The molecule has 0 aromatic carbocycles. The zero-order valence-electron chi connectivity index (χ0n) is 11.0. The third-order valence-corrected chi connectivity index (χ3v) is 2.54.